The molecule has 7 heteroatoms. The van der Waals surface area contributed by atoms with Gasteiger partial charge in [0.1, 0.15) is 0 Å². The Morgan fingerprint density at radius 3 is 2.52 bits per heavy atom. The van der Waals surface area contributed by atoms with Crippen molar-refractivity contribution in [2.75, 3.05) is 26.0 Å². The van der Waals surface area contributed by atoms with Crippen LogP contribution >= 0.6 is 0 Å². The second-order valence-corrected chi connectivity index (χ2v) is 7.36. The van der Waals surface area contributed by atoms with Crippen molar-refractivity contribution in [3.05, 3.63) is 23.8 Å². The van der Waals surface area contributed by atoms with E-state index in [1.54, 1.807) is 26.0 Å². The molecule has 1 amide bonds. The van der Waals surface area contributed by atoms with E-state index in [0.717, 1.165) is 4.31 Å². The summed E-state index contributed by atoms with van der Waals surface area (Å²) in [6.07, 6.45) is 0.584. The second-order valence-electron chi connectivity index (χ2n) is 5.24. The summed E-state index contributed by atoms with van der Waals surface area (Å²) in [6.45, 7) is 3.94. The molecule has 6 nitrogen and oxygen atoms in total. The van der Waals surface area contributed by atoms with E-state index in [-0.39, 0.29) is 16.7 Å². The smallest absolute Gasteiger partial charge is 0.242 e. The number of hydrogen-bond acceptors (Lipinski definition) is 4. The van der Waals surface area contributed by atoms with Gasteiger partial charge >= 0.3 is 0 Å². The molecule has 1 aromatic carbocycles. The van der Waals surface area contributed by atoms with E-state index < -0.39 is 10.0 Å². The first-order valence-corrected chi connectivity index (χ1v) is 8.18. The van der Waals surface area contributed by atoms with E-state index in [4.69, 9.17) is 5.73 Å². The van der Waals surface area contributed by atoms with Gasteiger partial charge in [0, 0.05) is 25.7 Å². The van der Waals surface area contributed by atoms with Gasteiger partial charge in [-0.05, 0) is 37.6 Å². The summed E-state index contributed by atoms with van der Waals surface area (Å²) in [6, 6.07) is 4.86. The number of nitrogens with zero attached hydrogens (tertiary/aromatic N) is 1. The predicted octanol–water partition coefficient (Wildman–Crippen LogP) is 1.17. The third-order valence-electron chi connectivity index (χ3n) is 3.26. The topological polar surface area (TPSA) is 92.5 Å². The van der Waals surface area contributed by atoms with E-state index in [9.17, 15) is 13.2 Å². The Bertz CT molecular complexity index is 612. The van der Waals surface area contributed by atoms with Crippen LogP contribution in [0.1, 0.15) is 18.9 Å². The fraction of sp³-hybridized carbons (Fsp3) is 0.500. The lowest BCUT2D eigenvalue weighted by Gasteiger charge is -2.16. The Morgan fingerprint density at radius 2 is 2.00 bits per heavy atom. The Kier molecular flexibility index (Phi) is 5.88. The first kappa shape index (κ1) is 17.6. The highest BCUT2D eigenvalue weighted by Gasteiger charge is 2.21. The van der Waals surface area contributed by atoms with Gasteiger partial charge in [0.15, 0.2) is 0 Å². The summed E-state index contributed by atoms with van der Waals surface area (Å²) >= 11 is 0. The maximum Gasteiger partial charge on any atom is 0.242 e. The molecular formula is C14H23N3O3S. The number of aryl methyl sites for hydroxylation is 1. The quantitative estimate of drug-likeness (QED) is 0.824. The molecule has 0 saturated heterocycles. The van der Waals surface area contributed by atoms with Crippen LogP contribution in [-0.4, -0.2) is 39.3 Å². The van der Waals surface area contributed by atoms with E-state index >= 15 is 0 Å². The van der Waals surface area contributed by atoms with Crippen LogP contribution in [0.3, 0.4) is 0 Å². The fourth-order valence-corrected chi connectivity index (χ4v) is 2.94. The van der Waals surface area contributed by atoms with Gasteiger partial charge in [0.05, 0.1) is 4.90 Å². The van der Waals surface area contributed by atoms with Crippen molar-refractivity contribution < 1.29 is 13.2 Å². The SMILES string of the molecule is Cc1ccc(NC(=O)C(C)CCN)cc1S(=O)(=O)N(C)C. The van der Waals surface area contributed by atoms with Gasteiger partial charge in [-0.3, -0.25) is 4.79 Å². The van der Waals surface area contributed by atoms with Crippen LogP contribution in [0.5, 0.6) is 0 Å². The molecule has 0 aliphatic rings. The molecule has 0 heterocycles. The van der Waals surface area contributed by atoms with Gasteiger partial charge < -0.3 is 11.1 Å². The lowest BCUT2D eigenvalue weighted by atomic mass is 10.1. The molecule has 1 rings (SSSR count). The molecule has 0 aliphatic carbocycles. The lowest BCUT2D eigenvalue weighted by molar-refractivity contribution is -0.119. The Hall–Kier alpha value is -1.44. The van der Waals surface area contributed by atoms with Crippen molar-refractivity contribution >= 4 is 21.6 Å². The normalized spacial score (nSPS) is 13.2. The number of anilines is 1. The molecule has 0 aromatic heterocycles. The first-order valence-electron chi connectivity index (χ1n) is 6.74. The first-order chi connectivity index (χ1) is 9.70. The molecule has 1 aromatic rings. The number of amides is 1. The number of rotatable bonds is 6. The summed E-state index contributed by atoms with van der Waals surface area (Å²) in [7, 11) is -0.583. The summed E-state index contributed by atoms with van der Waals surface area (Å²) in [4.78, 5) is 12.1. The molecule has 0 bridgehead atoms. The van der Waals surface area contributed by atoms with Gasteiger partial charge in [0.25, 0.3) is 0 Å². The van der Waals surface area contributed by atoms with Gasteiger partial charge in [-0.25, -0.2) is 12.7 Å². The number of hydrogen-bond donors (Lipinski definition) is 2. The third kappa shape index (κ3) is 4.26. The van der Waals surface area contributed by atoms with E-state index in [1.807, 2.05) is 0 Å². The van der Waals surface area contributed by atoms with Crippen LogP contribution < -0.4 is 11.1 Å². The Balaban J connectivity index is 3.06. The minimum atomic E-state index is -3.53. The summed E-state index contributed by atoms with van der Waals surface area (Å²) in [5.41, 5.74) is 6.53. The molecule has 1 unspecified atom stereocenters. The minimum absolute atomic E-state index is 0.169. The molecule has 0 radical (unpaired) electrons. The summed E-state index contributed by atoms with van der Waals surface area (Å²) < 4.78 is 25.6. The van der Waals surface area contributed by atoms with Crippen LogP contribution in [0.15, 0.2) is 23.1 Å². The van der Waals surface area contributed by atoms with Crippen molar-refractivity contribution in [1.29, 1.82) is 0 Å². The molecule has 21 heavy (non-hydrogen) atoms. The number of carbonyl (C=O) groups excluding carboxylic acids is 1. The van der Waals surface area contributed by atoms with Gasteiger partial charge in [0.2, 0.25) is 15.9 Å². The second kappa shape index (κ2) is 7.02. The summed E-state index contributed by atoms with van der Waals surface area (Å²) in [5, 5.41) is 2.73. The zero-order chi connectivity index (χ0) is 16.2. The fourth-order valence-electron chi connectivity index (χ4n) is 1.80. The van der Waals surface area contributed by atoms with E-state index in [2.05, 4.69) is 5.32 Å². The molecular weight excluding hydrogens is 290 g/mol. The molecule has 3 N–H and O–H groups in total. The molecule has 118 valence electrons. The van der Waals surface area contributed by atoms with Crippen molar-refractivity contribution in [2.45, 2.75) is 25.2 Å². The van der Waals surface area contributed by atoms with Crippen molar-refractivity contribution in [3.63, 3.8) is 0 Å². The number of nitrogens with two attached hydrogens (primary N) is 1. The van der Waals surface area contributed by atoms with Crippen LogP contribution in [0.25, 0.3) is 0 Å². The van der Waals surface area contributed by atoms with Gasteiger partial charge in [-0.15, -0.1) is 0 Å². The molecule has 0 spiro atoms. The minimum Gasteiger partial charge on any atom is -0.330 e. The van der Waals surface area contributed by atoms with Crippen molar-refractivity contribution in [1.82, 2.24) is 4.31 Å². The Morgan fingerprint density at radius 1 is 1.38 bits per heavy atom. The van der Waals surface area contributed by atoms with Crippen LogP contribution in [0.2, 0.25) is 0 Å². The monoisotopic (exact) mass is 313 g/mol. The van der Waals surface area contributed by atoms with E-state index in [1.165, 1.54) is 20.2 Å². The number of benzene rings is 1. The van der Waals surface area contributed by atoms with Crippen LogP contribution in [0.4, 0.5) is 5.69 Å². The largest absolute Gasteiger partial charge is 0.330 e. The third-order valence-corrected chi connectivity index (χ3v) is 5.22. The highest BCUT2D eigenvalue weighted by Crippen LogP contribution is 2.22. The maximum atomic E-state index is 12.2. The molecule has 1 atom stereocenters. The molecule has 0 fully saturated rings. The maximum absolute atomic E-state index is 12.2. The van der Waals surface area contributed by atoms with Crippen molar-refractivity contribution in [3.8, 4) is 0 Å². The lowest BCUT2D eigenvalue weighted by Crippen LogP contribution is -2.24. The summed E-state index contributed by atoms with van der Waals surface area (Å²) in [5.74, 6) is -0.386. The number of nitrogens with one attached hydrogen (secondary N) is 1. The highest BCUT2D eigenvalue weighted by atomic mass is 32.2. The highest BCUT2D eigenvalue weighted by molar-refractivity contribution is 7.89. The predicted molar refractivity (Wildman–Crippen MR) is 83.5 cm³/mol. The number of carbonyl (C=O) groups is 1. The van der Waals surface area contributed by atoms with Crippen LogP contribution in [-0.2, 0) is 14.8 Å². The zero-order valence-corrected chi connectivity index (χ0v) is 13.7. The average Bonchev–Trinajstić information content (AvgIpc) is 2.40. The number of sulfonamides is 1. The van der Waals surface area contributed by atoms with Gasteiger partial charge in [-0.2, -0.15) is 0 Å². The van der Waals surface area contributed by atoms with E-state index in [0.29, 0.717) is 24.2 Å². The zero-order valence-electron chi connectivity index (χ0n) is 12.9. The van der Waals surface area contributed by atoms with Crippen LogP contribution in [0, 0.1) is 12.8 Å². The molecule has 0 saturated carbocycles. The molecule has 0 aliphatic heterocycles. The standard InChI is InChI=1S/C14H23N3O3S/c1-10-5-6-12(16-14(18)11(2)7-8-15)9-13(10)21(19,20)17(3)4/h5-6,9,11H,7-8,15H2,1-4H3,(H,16,18). The van der Waals surface area contributed by atoms with Crippen molar-refractivity contribution in [2.24, 2.45) is 11.7 Å². The Labute approximate surface area is 126 Å². The van der Waals surface area contributed by atoms with Gasteiger partial charge in [-0.1, -0.05) is 13.0 Å². The average molecular weight is 313 g/mol.